The number of hydrogen-bond acceptors (Lipinski definition) is 3. The molecule has 0 aliphatic heterocycles. The summed E-state index contributed by atoms with van der Waals surface area (Å²) in [5.74, 6) is 0. The summed E-state index contributed by atoms with van der Waals surface area (Å²) < 4.78 is 62.3. The maximum Gasteiger partial charge on any atom is 0.416 e. The highest BCUT2D eigenvalue weighted by Gasteiger charge is 2.30. The predicted octanol–water partition coefficient (Wildman–Crippen LogP) is 3.63. The monoisotopic (exact) mass is 356 g/mol. The van der Waals surface area contributed by atoms with Gasteiger partial charge in [-0.3, -0.25) is 0 Å². The van der Waals surface area contributed by atoms with Gasteiger partial charge in [0.05, 0.1) is 16.7 Å². The third-order valence-corrected chi connectivity index (χ3v) is 4.60. The molecular weight excluding hydrogens is 341 g/mol. The molecule has 0 spiro atoms. The molecule has 0 fully saturated rings. The van der Waals surface area contributed by atoms with Crippen LogP contribution in [0.5, 0.6) is 0 Å². The summed E-state index contributed by atoms with van der Waals surface area (Å²) in [5.41, 5.74) is 0.613. The van der Waals surface area contributed by atoms with Gasteiger partial charge >= 0.3 is 6.18 Å². The molecule has 8 heteroatoms. The van der Waals surface area contributed by atoms with Gasteiger partial charge in [-0.25, -0.2) is 4.83 Å². The number of benzene rings is 2. The summed E-state index contributed by atoms with van der Waals surface area (Å²) in [6.45, 7) is 3.40. The van der Waals surface area contributed by atoms with Crippen molar-refractivity contribution in [1.29, 1.82) is 0 Å². The van der Waals surface area contributed by atoms with Crippen LogP contribution < -0.4 is 4.83 Å². The standard InChI is InChI=1S/C16H15F3N2O2S/c1-11-6-7-12(2)15(8-11)24(22,23)21-20-10-13-4-3-5-14(9-13)16(17,18)19/h3-10,21H,1-2H3/b20-10+. The number of hydrazone groups is 1. The van der Waals surface area contributed by atoms with Gasteiger partial charge in [0.15, 0.2) is 0 Å². The summed E-state index contributed by atoms with van der Waals surface area (Å²) in [6.07, 6.45) is -3.44. The van der Waals surface area contributed by atoms with E-state index in [2.05, 4.69) is 5.10 Å². The van der Waals surface area contributed by atoms with E-state index in [1.165, 1.54) is 18.2 Å². The molecule has 0 atom stereocenters. The van der Waals surface area contributed by atoms with E-state index in [9.17, 15) is 21.6 Å². The van der Waals surface area contributed by atoms with Crippen molar-refractivity contribution in [2.45, 2.75) is 24.9 Å². The molecule has 0 unspecified atom stereocenters. The molecule has 4 nitrogen and oxygen atoms in total. The number of nitrogens with zero attached hydrogens (tertiary/aromatic N) is 1. The topological polar surface area (TPSA) is 58.5 Å². The molecule has 2 aromatic rings. The van der Waals surface area contributed by atoms with Crippen molar-refractivity contribution in [3.63, 3.8) is 0 Å². The van der Waals surface area contributed by atoms with E-state index in [-0.39, 0.29) is 10.5 Å². The van der Waals surface area contributed by atoms with E-state index in [0.717, 1.165) is 23.9 Å². The minimum Gasteiger partial charge on any atom is -0.200 e. The summed E-state index contributed by atoms with van der Waals surface area (Å²) in [6, 6.07) is 9.37. The van der Waals surface area contributed by atoms with Crippen molar-refractivity contribution in [2.75, 3.05) is 0 Å². The first-order valence-electron chi connectivity index (χ1n) is 6.89. The first-order chi connectivity index (χ1) is 11.1. The number of aryl methyl sites for hydroxylation is 2. The van der Waals surface area contributed by atoms with Gasteiger partial charge < -0.3 is 0 Å². The van der Waals surface area contributed by atoms with E-state index >= 15 is 0 Å². The fourth-order valence-corrected chi connectivity index (χ4v) is 3.13. The fraction of sp³-hybridized carbons (Fsp3) is 0.188. The van der Waals surface area contributed by atoms with Crippen LogP contribution in [0, 0.1) is 13.8 Å². The van der Waals surface area contributed by atoms with Gasteiger partial charge in [0.1, 0.15) is 0 Å². The fourth-order valence-electron chi connectivity index (χ4n) is 2.01. The lowest BCUT2D eigenvalue weighted by Crippen LogP contribution is -2.19. The van der Waals surface area contributed by atoms with Gasteiger partial charge in [0.2, 0.25) is 0 Å². The average molecular weight is 356 g/mol. The van der Waals surface area contributed by atoms with Crippen molar-refractivity contribution in [3.05, 3.63) is 64.7 Å². The van der Waals surface area contributed by atoms with E-state index in [0.29, 0.717) is 5.56 Å². The molecule has 0 aliphatic carbocycles. The van der Waals surface area contributed by atoms with Gasteiger partial charge in [-0.05, 0) is 48.7 Å². The van der Waals surface area contributed by atoms with Crippen molar-refractivity contribution in [2.24, 2.45) is 5.10 Å². The third-order valence-electron chi connectivity index (χ3n) is 3.23. The Bertz CT molecular complexity index is 875. The van der Waals surface area contributed by atoms with Crippen molar-refractivity contribution >= 4 is 16.2 Å². The van der Waals surface area contributed by atoms with Crippen LogP contribution in [0.3, 0.4) is 0 Å². The molecule has 128 valence electrons. The SMILES string of the molecule is Cc1ccc(C)c(S(=O)(=O)N/N=C/c2cccc(C(F)(F)F)c2)c1. The Morgan fingerprint density at radius 2 is 1.79 bits per heavy atom. The molecule has 0 heterocycles. The van der Waals surface area contributed by atoms with E-state index in [1.807, 2.05) is 4.83 Å². The molecule has 0 saturated heterocycles. The van der Waals surface area contributed by atoms with E-state index < -0.39 is 21.8 Å². The van der Waals surface area contributed by atoms with Gasteiger partial charge in [-0.15, -0.1) is 0 Å². The first kappa shape index (κ1) is 18.0. The highest BCUT2D eigenvalue weighted by Crippen LogP contribution is 2.29. The zero-order chi connectivity index (χ0) is 18.0. The lowest BCUT2D eigenvalue weighted by atomic mass is 10.1. The highest BCUT2D eigenvalue weighted by molar-refractivity contribution is 7.89. The van der Waals surface area contributed by atoms with Gasteiger partial charge in [0, 0.05) is 0 Å². The van der Waals surface area contributed by atoms with E-state index in [4.69, 9.17) is 0 Å². The molecule has 0 amide bonds. The smallest absolute Gasteiger partial charge is 0.200 e. The van der Waals surface area contributed by atoms with Crippen molar-refractivity contribution < 1.29 is 21.6 Å². The minimum atomic E-state index is -4.47. The molecule has 0 bridgehead atoms. The van der Waals surface area contributed by atoms with Crippen molar-refractivity contribution in [3.8, 4) is 0 Å². The van der Waals surface area contributed by atoms with Crippen LogP contribution in [0.2, 0.25) is 0 Å². The summed E-state index contributed by atoms with van der Waals surface area (Å²) in [7, 11) is -3.89. The predicted molar refractivity (Wildman–Crippen MR) is 85.3 cm³/mol. The van der Waals surface area contributed by atoms with Crippen LogP contribution in [0.15, 0.2) is 52.5 Å². The van der Waals surface area contributed by atoms with Gasteiger partial charge in [0.25, 0.3) is 10.0 Å². The Hall–Kier alpha value is -2.35. The second-order valence-electron chi connectivity index (χ2n) is 5.25. The molecule has 2 rings (SSSR count). The molecule has 1 N–H and O–H groups in total. The van der Waals surface area contributed by atoms with Gasteiger partial charge in [-0.2, -0.15) is 26.7 Å². The molecular formula is C16H15F3N2O2S. The normalized spacial score (nSPS) is 12.5. The van der Waals surface area contributed by atoms with Crippen LogP contribution >= 0.6 is 0 Å². The number of hydrogen-bond donors (Lipinski definition) is 1. The second kappa shape index (κ2) is 6.64. The largest absolute Gasteiger partial charge is 0.416 e. The highest BCUT2D eigenvalue weighted by atomic mass is 32.2. The first-order valence-corrected chi connectivity index (χ1v) is 8.37. The van der Waals surface area contributed by atoms with Gasteiger partial charge in [-0.1, -0.05) is 24.3 Å². The maximum atomic E-state index is 12.6. The zero-order valence-corrected chi connectivity index (χ0v) is 13.7. The Morgan fingerprint density at radius 3 is 2.46 bits per heavy atom. The van der Waals surface area contributed by atoms with Crippen LogP contribution in [0.4, 0.5) is 13.2 Å². The molecule has 0 aliphatic rings. The molecule has 0 saturated carbocycles. The van der Waals surface area contributed by atoms with Crippen LogP contribution in [0.25, 0.3) is 0 Å². The number of sulfonamides is 1. The quantitative estimate of drug-likeness (QED) is 0.672. The van der Waals surface area contributed by atoms with Crippen LogP contribution in [0.1, 0.15) is 22.3 Å². The Balaban J connectivity index is 2.21. The lowest BCUT2D eigenvalue weighted by Gasteiger charge is -2.08. The Labute approximate surface area is 138 Å². The molecule has 0 aromatic heterocycles. The zero-order valence-electron chi connectivity index (χ0n) is 12.9. The molecule has 24 heavy (non-hydrogen) atoms. The van der Waals surface area contributed by atoms with Crippen LogP contribution in [-0.4, -0.2) is 14.6 Å². The van der Waals surface area contributed by atoms with Crippen LogP contribution in [-0.2, 0) is 16.2 Å². The summed E-state index contributed by atoms with van der Waals surface area (Å²) in [4.78, 5) is 2.08. The number of halogens is 3. The number of nitrogens with one attached hydrogen (secondary N) is 1. The number of rotatable bonds is 4. The Kier molecular flexibility index (Phi) is 4.98. The maximum absolute atomic E-state index is 12.6. The number of alkyl halides is 3. The summed E-state index contributed by atoms with van der Waals surface area (Å²) in [5, 5.41) is 3.55. The minimum absolute atomic E-state index is 0.0729. The average Bonchev–Trinajstić information content (AvgIpc) is 2.49. The Morgan fingerprint density at radius 1 is 1.08 bits per heavy atom. The van der Waals surface area contributed by atoms with Crippen molar-refractivity contribution in [1.82, 2.24) is 4.83 Å². The molecule has 0 radical (unpaired) electrons. The third kappa shape index (κ3) is 4.35. The second-order valence-corrected chi connectivity index (χ2v) is 6.87. The lowest BCUT2D eigenvalue weighted by molar-refractivity contribution is -0.137. The summed E-state index contributed by atoms with van der Waals surface area (Å²) >= 11 is 0. The molecule has 2 aromatic carbocycles. The van der Waals surface area contributed by atoms with E-state index in [1.54, 1.807) is 26.0 Å².